The first-order valence-corrected chi connectivity index (χ1v) is 7.15. The molecule has 0 aromatic heterocycles. The third-order valence-electron chi connectivity index (χ3n) is 2.97. The first-order valence-electron chi connectivity index (χ1n) is 6.35. The maximum absolute atomic E-state index is 13.5. The van der Waals surface area contributed by atoms with Crippen molar-refractivity contribution in [3.8, 4) is 5.75 Å². The summed E-state index contributed by atoms with van der Waals surface area (Å²) in [5, 5.41) is 0. The van der Waals surface area contributed by atoms with E-state index in [1.165, 1.54) is 12.1 Å². The molecule has 0 aliphatic carbocycles. The van der Waals surface area contributed by atoms with E-state index in [-0.39, 0.29) is 5.75 Å². The largest absolute Gasteiger partial charge is 0.487 e. The molecule has 0 bridgehead atoms. The Labute approximate surface area is 116 Å². The van der Waals surface area contributed by atoms with Crippen molar-refractivity contribution in [1.82, 2.24) is 0 Å². The van der Waals surface area contributed by atoms with Crippen LogP contribution in [0.4, 0.5) is 8.78 Å². The van der Waals surface area contributed by atoms with Crippen molar-refractivity contribution >= 4 is 15.9 Å². The average molecular weight is 321 g/mol. The van der Waals surface area contributed by atoms with E-state index >= 15 is 0 Å². The van der Waals surface area contributed by atoms with Gasteiger partial charge in [0.25, 0.3) is 0 Å². The van der Waals surface area contributed by atoms with Crippen LogP contribution >= 0.6 is 15.9 Å². The summed E-state index contributed by atoms with van der Waals surface area (Å²) in [7, 11) is 0. The summed E-state index contributed by atoms with van der Waals surface area (Å²) in [6.07, 6.45) is 4.23. The fourth-order valence-electron chi connectivity index (χ4n) is 1.77. The summed E-state index contributed by atoms with van der Waals surface area (Å²) >= 11 is 3.04. The highest BCUT2D eigenvalue weighted by atomic mass is 79.9. The number of unbranched alkanes of at least 4 members (excludes halogenated alkanes) is 1. The fourth-order valence-corrected chi connectivity index (χ4v) is 2.17. The van der Waals surface area contributed by atoms with Gasteiger partial charge in [-0.05, 0) is 24.5 Å². The van der Waals surface area contributed by atoms with Gasteiger partial charge >= 0.3 is 0 Å². The van der Waals surface area contributed by atoms with Gasteiger partial charge in [-0.25, -0.2) is 8.78 Å². The molecule has 0 radical (unpaired) electrons. The molecule has 1 aromatic carbocycles. The highest BCUT2D eigenvalue weighted by molar-refractivity contribution is 9.10. The van der Waals surface area contributed by atoms with Crippen LogP contribution in [0.5, 0.6) is 5.75 Å². The molecular formula is C14H19BrF2O. The molecule has 1 rings (SSSR count). The lowest BCUT2D eigenvalue weighted by molar-refractivity contribution is 0.216. The minimum atomic E-state index is -0.660. The Hall–Kier alpha value is -0.640. The third-order valence-corrected chi connectivity index (χ3v) is 3.43. The lowest BCUT2D eigenvalue weighted by Gasteiger charge is -2.16. The topological polar surface area (TPSA) is 9.23 Å². The second-order valence-corrected chi connectivity index (χ2v) is 5.34. The van der Waals surface area contributed by atoms with Crippen molar-refractivity contribution in [3.05, 3.63) is 28.2 Å². The predicted molar refractivity (Wildman–Crippen MR) is 72.9 cm³/mol. The molecule has 4 heteroatoms. The molecule has 1 nitrogen and oxygen atoms in total. The molecule has 1 aromatic rings. The second kappa shape index (κ2) is 7.72. The normalized spacial score (nSPS) is 12.5. The number of rotatable bonds is 7. The standard InChI is InChI=1S/C14H19BrF2O/c1-3-5-6-10(4-2)9-18-14-12(16)7-11(15)8-13(14)17/h7-8,10H,3-6,9H2,1-2H3. The maximum atomic E-state index is 13.5. The average Bonchev–Trinajstić information content (AvgIpc) is 2.31. The van der Waals surface area contributed by atoms with Gasteiger partial charge < -0.3 is 4.74 Å². The van der Waals surface area contributed by atoms with Crippen LogP contribution in [0.15, 0.2) is 16.6 Å². The zero-order chi connectivity index (χ0) is 13.5. The second-order valence-electron chi connectivity index (χ2n) is 4.43. The maximum Gasteiger partial charge on any atom is 0.190 e. The van der Waals surface area contributed by atoms with Gasteiger partial charge in [-0.3, -0.25) is 0 Å². The number of ether oxygens (including phenoxy) is 1. The summed E-state index contributed by atoms with van der Waals surface area (Å²) in [6, 6.07) is 2.43. The molecular weight excluding hydrogens is 302 g/mol. The van der Waals surface area contributed by atoms with Crippen LogP contribution in [0, 0.1) is 17.6 Å². The molecule has 18 heavy (non-hydrogen) atoms. The van der Waals surface area contributed by atoms with E-state index in [1.54, 1.807) is 0 Å². The molecule has 0 N–H and O–H groups in total. The van der Waals surface area contributed by atoms with Crippen molar-refractivity contribution in [2.45, 2.75) is 39.5 Å². The van der Waals surface area contributed by atoms with Crippen LogP contribution in [-0.2, 0) is 0 Å². The Kier molecular flexibility index (Phi) is 6.61. The highest BCUT2D eigenvalue weighted by Crippen LogP contribution is 2.27. The van der Waals surface area contributed by atoms with Crippen molar-refractivity contribution in [3.63, 3.8) is 0 Å². The predicted octanol–water partition coefficient (Wildman–Crippen LogP) is 5.32. The van der Waals surface area contributed by atoms with Gasteiger partial charge in [-0.1, -0.05) is 49.0 Å². The van der Waals surface area contributed by atoms with E-state index in [4.69, 9.17) is 4.74 Å². The van der Waals surface area contributed by atoms with Gasteiger partial charge in [-0.2, -0.15) is 0 Å². The molecule has 0 amide bonds. The zero-order valence-corrected chi connectivity index (χ0v) is 12.4. The number of hydrogen-bond donors (Lipinski definition) is 0. The van der Waals surface area contributed by atoms with Crippen LogP contribution in [0.1, 0.15) is 39.5 Å². The summed E-state index contributed by atoms with van der Waals surface area (Å²) in [5.74, 6) is -1.24. The number of benzene rings is 1. The minimum Gasteiger partial charge on any atom is -0.487 e. The molecule has 1 unspecified atom stereocenters. The molecule has 0 fully saturated rings. The molecule has 0 aliphatic rings. The Morgan fingerprint density at radius 3 is 2.33 bits per heavy atom. The fraction of sp³-hybridized carbons (Fsp3) is 0.571. The molecule has 0 spiro atoms. The van der Waals surface area contributed by atoms with Gasteiger partial charge in [0.1, 0.15) is 0 Å². The number of halogens is 3. The first kappa shape index (κ1) is 15.4. The molecule has 1 atom stereocenters. The smallest absolute Gasteiger partial charge is 0.190 e. The van der Waals surface area contributed by atoms with Crippen molar-refractivity contribution in [1.29, 1.82) is 0 Å². The quantitative estimate of drug-likeness (QED) is 0.660. The summed E-state index contributed by atoms with van der Waals surface area (Å²) in [6.45, 7) is 4.56. The van der Waals surface area contributed by atoms with Crippen LogP contribution in [0.2, 0.25) is 0 Å². The first-order chi connectivity index (χ1) is 8.58. The van der Waals surface area contributed by atoms with Gasteiger partial charge in [0.05, 0.1) is 6.61 Å². The van der Waals surface area contributed by atoms with Crippen LogP contribution < -0.4 is 4.74 Å². The molecule has 0 heterocycles. The van der Waals surface area contributed by atoms with Crippen LogP contribution in [-0.4, -0.2) is 6.61 Å². The third kappa shape index (κ3) is 4.56. The summed E-state index contributed by atoms with van der Waals surface area (Å²) in [4.78, 5) is 0. The van der Waals surface area contributed by atoms with E-state index in [9.17, 15) is 8.78 Å². The molecule has 102 valence electrons. The molecule has 0 saturated heterocycles. The zero-order valence-electron chi connectivity index (χ0n) is 10.8. The van der Waals surface area contributed by atoms with Gasteiger partial charge in [0, 0.05) is 4.47 Å². The summed E-state index contributed by atoms with van der Waals surface area (Å²) < 4.78 is 32.7. The van der Waals surface area contributed by atoms with Crippen molar-refractivity contribution < 1.29 is 13.5 Å². The SMILES string of the molecule is CCCCC(CC)COc1c(F)cc(Br)cc1F. The van der Waals surface area contributed by atoms with Gasteiger partial charge in [-0.15, -0.1) is 0 Å². The van der Waals surface area contributed by atoms with E-state index in [0.717, 1.165) is 25.7 Å². The Morgan fingerprint density at radius 2 is 1.83 bits per heavy atom. The monoisotopic (exact) mass is 320 g/mol. The highest BCUT2D eigenvalue weighted by Gasteiger charge is 2.14. The molecule has 0 saturated carbocycles. The van der Waals surface area contributed by atoms with E-state index in [1.807, 2.05) is 0 Å². The Balaban J connectivity index is 2.62. The van der Waals surface area contributed by atoms with E-state index in [2.05, 4.69) is 29.8 Å². The lowest BCUT2D eigenvalue weighted by Crippen LogP contribution is -2.12. The minimum absolute atomic E-state index is 0.270. The lowest BCUT2D eigenvalue weighted by atomic mass is 10.0. The van der Waals surface area contributed by atoms with Gasteiger partial charge in [0.2, 0.25) is 0 Å². The van der Waals surface area contributed by atoms with E-state index < -0.39 is 11.6 Å². The van der Waals surface area contributed by atoms with Gasteiger partial charge in [0.15, 0.2) is 17.4 Å². The summed E-state index contributed by atoms with van der Waals surface area (Å²) in [5.41, 5.74) is 0. The van der Waals surface area contributed by atoms with Crippen LogP contribution in [0.25, 0.3) is 0 Å². The Bertz CT molecular complexity index is 359. The van der Waals surface area contributed by atoms with E-state index in [0.29, 0.717) is 17.0 Å². The number of hydrogen-bond acceptors (Lipinski definition) is 1. The van der Waals surface area contributed by atoms with Crippen molar-refractivity contribution in [2.24, 2.45) is 5.92 Å². The Morgan fingerprint density at radius 1 is 1.22 bits per heavy atom. The van der Waals surface area contributed by atoms with Crippen LogP contribution in [0.3, 0.4) is 0 Å². The molecule has 0 aliphatic heterocycles. The van der Waals surface area contributed by atoms with Crippen molar-refractivity contribution in [2.75, 3.05) is 6.61 Å².